The Morgan fingerprint density at radius 1 is 1.22 bits per heavy atom. The van der Waals surface area contributed by atoms with Crippen LogP contribution in [0.1, 0.15) is 12.0 Å². The van der Waals surface area contributed by atoms with Crippen molar-refractivity contribution in [3.8, 4) is 0 Å². The Morgan fingerprint density at radius 3 is 2.70 bits per heavy atom. The van der Waals surface area contributed by atoms with Crippen molar-refractivity contribution in [2.45, 2.75) is 24.0 Å². The van der Waals surface area contributed by atoms with Crippen LogP contribution in [0.25, 0.3) is 0 Å². The molecule has 3 rings (SSSR count). The minimum absolute atomic E-state index is 0.107. The van der Waals surface area contributed by atoms with Crippen molar-refractivity contribution in [2.24, 2.45) is 0 Å². The van der Waals surface area contributed by atoms with E-state index in [9.17, 15) is 8.42 Å². The van der Waals surface area contributed by atoms with Gasteiger partial charge in [0, 0.05) is 31.7 Å². The Balaban J connectivity index is 1.66. The van der Waals surface area contributed by atoms with Crippen molar-refractivity contribution in [1.29, 1.82) is 0 Å². The van der Waals surface area contributed by atoms with Crippen LogP contribution in [0.4, 0.5) is 5.69 Å². The maximum atomic E-state index is 11.9. The Bertz CT molecular complexity index is 762. The summed E-state index contributed by atoms with van der Waals surface area (Å²) in [6.45, 7) is 2.06. The molecular weight excluding hydrogens is 312 g/mol. The summed E-state index contributed by atoms with van der Waals surface area (Å²) in [6.07, 6.45) is 5.75. The minimum atomic E-state index is -3.23. The van der Waals surface area contributed by atoms with Gasteiger partial charge in [0.2, 0.25) is 0 Å². The van der Waals surface area contributed by atoms with Crippen LogP contribution >= 0.6 is 0 Å². The molecule has 23 heavy (non-hydrogen) atoms. The third kappa shape index (κ3) is 3.89. The van der Waals surface area contributed by atoms with E-state index in [0.29, 0.717) is 18.0 Å². The minimum Gasteiger partial charge on any atom is -0.372 e. The number of hydrogen-bond donors (Lipinski definition) is 0. The SMILES string of the molecule is CS(=O)(=O)c1ccccc1N1CCC(OCc2ccncc2)C1. The second-order valence-electron chi connectivity index (χ2n) is 5.76. The van der Waals surface area contributed by atoms with E-state index < -0.39 is 9.84 Å². The van der Waals surface area contributed by atoms with E-state index in [1.807, 2.05) is 24.3 Å². The van der Waals surface area contributed by atoms with E-state index in [-0.39, 0.29) is 6.10 Å². The average Bonchev–Trinajstić information content (AvgIpc) is 3.02. The first kappa shape index (κ1) is 16.0. The zero-order valence-corrected chi connectivity index (χ0v) is 13.9. The van der Waals surface area contributed by atoms with Crippen LogP contribution in [0.15, 0.2) is 53.7 Å². The summed E-state index contributed by atoms with van der Waals surface area (Å²) >= 11 is 0. The number of benzene rings is 1. The number of pyridine rings is 1. The van der Waals surface area contributed by atoms with E-state index in [2.05, 4.69) is 9.88 Å². The van der Waals surface area contributed by atoms with Gasteiger partial charge >= 0.3 is 0 Å². The predicted octanol–water partition coefficient (Wildman–Crippen LogP) is 2.28. The quantitative estimate of drug-likeness (QED) is 0.841. The molecule has 1 aliphatic rings. The normalized spacial score (nSPS) is 18.3. The molecule has 2 aromatic rings. The Kier molecular flexibility index (Phi) is 4.63. The molecule has 6 heteroatoms. The summed E-state index contributed by atoms with van der Waals surface area (Å²) in [5.74, 6) is 0. The molecule has 1 aromatic carbocycles. The van der Waals surface area contributed by atoms with Crippen LogP contribution in [0, 0.1) is 0 Å². The van der Waals surface area contributed by atoms with Crippen molar-refractivity contribution < 1.29 is 13.2 Å². The molecular formula is C17H20N2O3S. The number of aromatic nitrogens is 1. The number of ether oxygens (including phenoxy) is 1. The molecule has 0 saturated carbocycles. The second kappa shape index (κ2) is 6.68. The van der Waals surface area contributed by atoms with Gasteiger partial charge in [-0.3, -0.25) is 4.98 Å². The van der Waals surface area contributed by atoms with E-state index in [1.54, 1.807) is 24.5 Å². The van der Waals surface area contributed by atoms with Crippen LogP contribution < -0.4 is 4.90 Å². The maximum absolute atomic E-state index is 11.9. The molecule has 0 bridgehead atoms. The van der Waals surface area contributed by atoms with Gasteiger partial charge in [-0.05, 0) is 36.2 Å². The molecule has 2 heterocycles. The van der Waals surface area contributed by atoms with Crippen molar-refractivity contribution in [2.75, 3.05) is 24.2 Å². The van der Waals surface area contributed by atoms with Gasteiger partial charge < -0.3 is 9.64 Å². The zero-order chi connectivity index (χ0) is 16.3. The zero-order valence-electron chi connectivity index (χ0n) is 13.1. The number of rotatable bonds is 5. The molecule has 1 aliphatic heterocycles. The summed E-state index contributed by atoms with van der Waals surface area (Å²) in [4.78, 5) is 6.46. The summed E-state index contributed by atoms with van der Waals surface area (Å²) in [7, 11) is -3.23. The van der Waals surface area contributed by atoms with E-state index in [4.69, 9.17) is 4.74 Å². The molecule has 122 valence electrons. The first-order chi connectivity index (χ1) is 11.0. The fourth-order valence-corrected chi connectivity index (χ4v) is 3.71. The second-order valence-corrected chi connectivity index (χ2v) is 7.75. The van der Waals surface area contributed by atoms with Gasteiger partial charge in [0.25, 0.3) is 0 Å². The van der Waals surface area contributed by atoms with Gasteiger partial charge in [0.05, 0.1) is 23.3 Å². The highest BCUT2D eigenvalue weighted by Crippen LogP contribution is 2.29. The van der Waals surface area contributed by atoms with E-state index >= 15 is 0 Å². The predicted molar refractivity (Wildman–Crippen MR) is 89.2 cm³/mol. The molecule has 0 spiro atoms. The number of hydrogen-bond acceptors (Lipinski definition) is 5. The van der Waals surface area contributed by atoms with Crippen molar-refractivity contribution in [3.63, 3.8) is 0 Å². The monoisotopic (exact) mass is 332 g/mol. The standard InChI is InChI=1S/C17H20N2O3S/c1-23(20,21)17-5-3-2-4-16(17)19-11-8-15(12-19)22-13-14-6-9-18-10-7-14/h2-7,9-10,15H,8,11-13H2,1H3. The van der Waals surface area contributed by atoms with Crippen molar-refractivity contribution in [3.05, 3.63) is 54.4 Å². The first-order valence-electron chi connectivity index (χ1n) is 7.58. The van der Waals surface area contributed by atoms with Gasteiger partial charge in [0.1, 0.15) is 0 Å². The number of nitrogens with zero attached hydrogens (tertiary/aromatic N) is 2. The molecule has 5 nitrogen and oxygen atoms in total. The van der Waals surface area contributed by atoms with Crippen LogP contribution in [0.5, 0.6) is 0 Å². The van der Waals surface area contributed by atoms with Crippen molar-refractivity contribution >= 4 is 15.5 Å². The van der Waals surface area contributed by atoms with Gasteiger partial charge in [-0.2, -0.15) is 0 Å². The molecule has 1 saturated heterocycles. The number of anilines is 1. The van der Waals surface area contributed by atoms with Gasteiger partial charge in [0.15, 0.2) is 9.84 Å². The van der Waals surface area contributed by atoms with Gasteiger partial charge in [-0.15, -0.1) is 0 Å². The smallest absolute Gasteiger partial charge is 0.177 e. The van der Waals surface area contributed by atoms with Crippen molar-refractivity contribution in [1.82, 2.24) is 4.98 Å². The highest BCUT2D eigenvalue weighted by Gasteiger charge is 2.26. The number of sulfone groups is 1. The summed E-state index contributed by atoms with van der Waals surface area (Å²) in [6, 6.07) is 11.0. The lowest BCUT2D eigenvalue weighted by Gasteiger charge is -2.21. The maximum Gasteiger partial charge on any atom is 0.177 e. The molecule has 1 aromatic heterocycles. The molecule has 1 unspecified atom stereocenters. The van der Waals surface area contributed by atoms with E-state index in [0.717, 1.165) is 24.2 Å². The van der Waals surface area contributed by atoms with Gasteiger partial charge in [-0.25, -0.2) is 8.42 Å². The Hall–Kier alpha value is -1.92. The highest BCUT2D eigenvalue weighted by atomic mass is 32.2. The van der Waals surface area contributed by atoms with E-state index in [1.165, 1.54) is 6.26 Å². The number of para-hydroxylation sites is 1. The molecule has 0 aliphatic carbocycles. The van der Waals surface area contributed by atoms with Crippen LogP contribution in [0.3, 0.4) is 0 Å². The third-order valence-electron chi connectivity index (χ3n) is 3.99. The third-order valence-corrected chi connectivity index (χ3v) is 5.13. The largest absolute Gasteiger partial charge is 0.372 e. The Labute approximate surface area is 136 Å². The Morgan fingerprint density at radius 2 is 1.96 bits per heavy atom. The fourth-order valence-electron chi connectivity index (χ4n) is 2.81. The highest BCUT2D eigenvalue weighted by molar-refractivity contribution is 7.90. The summed E-state index contributed by atoms with van der Waals surface area (Å²) in [5.41, 5.74) is 1.86. The van der Waals surface area contributed by atoms with Crippen LogP contribution in [0.2, 0.25) is 0 Å². The lowest BCUT2D eigenvalue weighted by molar-refractivity contribution is 0.0553. The lowest BCUT2D eigenvalue weighted by Crippen LogP contribution is -2.24. The molecule has 0 N–H and O–H groups in total. The summed E-state index contributed by atoms with van der Waals surface area (Å²) in [5, 5.41) is 0. The topological polar surface area (TPSA) is 59.5 Å². The van der Waals surface area contributed by atoms with Gasteiger partial charge in [-0.1, -0.05) is 12.1 Å². The van der Waals surface area contributed by atoms with Crippen LogP contribution in [-0.2, 0) is 21.2 Å². The lowest BCUT2D eigenvalue weighted by atomic mass is 10.3. The average molecular weight is 332 g/mol. The molecule has 1 fully saturated rings. The van der Waals surface area contributed by atoms with Crippen LogP contribution in [-0.4, -0.2) is 38.9 Å². The molecule has 0 radical (unpaired) electrons. The summed E-state index contributed by atoms with van der Waals surface area (Å²) < 4.78 is 29.8. The molecule has 0 amide bonds. The first-order valence-corrected chi connectivity index (χ1v) is 9.48. The molecule has 1 atom stereocenters. The fraction of sp³-hybridized carbons (Fsp3) is 0.353.